The molecular weight excluding hydrogens is 426 g/mol. The summed E-state index contributed by atoms with van der Waals surface area (Å²) in [4.78, 5) is 33.6. The van der Waals surface area contributed by atoms with Crippen LogP contribution in [0.5, 0.6) is 0 Å². The number of aromatic nitrogens is 1. The smallest absolute Gasteiger partial charge is 0.337 e. The maximum Gasteiger partial charge on any atom is 0.337 e. The van der Waals surface area contributed by atoms with Crippen LogP contribution in [0.15, 0.2) is 78.0 Å². The highest BCUT2D eigenvalue weighted by Gasteiger charge is 2.17. The summed E-state index contributed by atoms with van der Waals surface area (Å²) in [5, 5.41) is 5.02. The standard InChI is InChI=1S/C28H23N3O3/c1-34-28(33)19-5-2-4-18(14-19)22-9-8-21(26-17-30-13-11-24(22)26)16-31-27(32)25-7-3-6-20-15-29-12-10-23(20)25/h2-9,11,13-15,17H,10,12,16H2,1H3,(H,31,32). The number of esters is 1. The van der Waals surface area contributed by atoms with Gasteiger partial charge in [0.1, 0.15) is 0 Å². The monoisotopic (exact) mass is 449 g/mol. The lowest BCUT2D eigenvalue weighted by Crippen LogP contribution is -2.25. The van der Waals surface area contributed by atoms with E-state index in [2.05, 4.69) is 15.3 Å². The van der Waals surface area contributed by atoms with Crippen molar-refractivity contribution in [3.05, 3.63) is 101 Å². The number of nitrogens with zero attached hydrogens (tertiary/aromatic N) is 2. The van der Waals surface area contributed by atoms with E-state index in [-0.39, 0.29) is 11.9 Å². The molecule has 1 aliphatic rings. The van der Waals surface area contributed by atoms with E-state index in [9.17, 15) is 9.59 Å². The molecule has 1 amide bonds. The van der Waals surface area contributed by atoms with E-state index in [1.807, 2.05) is 67.0 Å². The third kappa shape index (κ3) is 4.06. The lowest BCUT2D eigenvalue weighted by atomic mass is 9.95. The molecule has 2 heterocycles. The van der Waals surface area contributed by atoms with Crippen molar-refractivity contribution in [2.24, 2.45) is 4.99 Å². The number of pyridine rings is 1. The van der Waals surface area contributed by atoms with E-state index in [0.29, 0.717) is 24.2 Å². The minimum absolute atomic E-state index is 0.0981. The SMILES string of the molecule is COC(=O)c1cccc(-c2ccc(CNC(=O)c3cccc4c3CCN=C4)c3cnccc23)c1. The van der Waals surface area contributed by atoms with Crippen LogP contribution < -0.4 is 5.32 Å². The highest BCUT2D eigenvalue weighted by molar-refractivity contribution is 6.01. The van der Waals surface area contributed by atoms with Gasteiger partial charge < -0.3 is 10.1 Å². The summed E-state index contributed by atoms with van der Waals surface area (Å²) in [5.41, 5.74) is 6.10. The number of benzene rings is 3. The van der Waals surface area contributed by atoms with Crippen LogP contribution in [-0.2, 0) is 17.7 Å². The quantitative estimate of drug-likeness (QED) is 0.452. The Labute approximate surface area is 197 Å². The fraction of sp³-hybridized carbons (Fsp3) is 0.143. The summed E-state index contributed by atoms with van der Waals surface area (Å²) in [6.07, 6.45) is 6.16. The summed E-state index contributed by atoms with van der Waals surface area (Å²) >= 11 is 0. The van der Waals surface area contributed by atoms with Crippen molar-refractivity contribution in [1.82, 2.24) is 10.3 Å². The summed E-state index contributed by atoms with van der Waals surface area (Å²) < 4.78 is 4.86. The molecule has 1 aromatic heterocycles. The first-order chi connectivity index (χ1) is 16.7. The molecule has 6 nitrogen and oxygen atoms in total. The number of nitrogens with one attached hydrogen (secondary N) is 1. The molecule has 168 valence electrons. The molecule has 34 heavy (non-hydrogen) atoms. The lowest BCUT2D eigenvalue weighted by molar-refractivity contribution is 0.0600. The van der Waals surface area contributed by atoms with Crippen LogP contribution in [-0.4, -0.2) is 36.7 Å². The first-order valence-corrected chi connectivity index (χ1v) is 11.1. The minimum atomic E-state index is -0.374. The number of fused-ring (bicyclic) bond motifs is 2. The second kappa shape index (κ2) is 9.27. The van der Waals surface area contributed by atoms with E-state index in [1.54, 1.807) is 12.3 Å². The molecule has 5 rings (SSSR count). The fourth-order valence-electron chi connectivity index (χ4n) is 4.41. The van der Waals surface area contributed by atoms with Crippen LogP contribution in [0.4, 0.5) is 0 Å². The number of carbonyl (C=O) groups is 2. The Hall–Kier alpha value is -4.32. The number of hydrogen-bond donors (Lipinski definition) is 1. The van der Waals surface area contributed by atoms with Crippen LogP contribution in [0.1, 0.15) is 37.4 Å². The predicted molar refractivity (Wildman–Crippen MR) is 132 cm³/mol. The van der Waals surface area contributed by atoms with Crippen molar-refractivity contribution in [3.63, 3.8) is 0 Å². The maximum absolute atomic E-state index is 13.0. The molecule has 1 N–H and O–H groups in total. The molecule has 3 aromatic carbocycles. The lowest BCUT2D eigenvalue weighted by Gasteiger charge is -2.16. The summed E-state index contributed by atoms with van der Waals surface area (Å²) in [7, 11) is 1.37. The highest BCUT2D eigenvalue weighted by Crippen LogP contribution is 2.31. The van der Waals surface area contributed by atoms with Gasteiger partial charge in [-0.2, -0.15) is 0 Å². The van der Waals surface area contributed by atoms with E-state index < -0.39 is 0 Å². The number of aliphatic imine (C=N–C) groups is 1. The van der Waals surface area contributed by atoms with Gasteiger partial charge in [0.2, 0.25) is 0 Å². The predicted octanol–water partition coefficient (Wildman–Crippen LogP) is 4.59. The van der Waals surface area contributed by atoms with Gasteiger partial charge in [-0.3, -0.25) is 14.8 Å². The molecule has 0 bridgehead atoms. The van der Waals surface area contributed by atoms with Gasteiger partial charge in [0.05, 0.1) is 12.7 Å². The number of hydrogen-bond acceptors (Lipinski definition) is 5. The Kier molecular flexibility index (Phi) is 5.87. The Morgan fingerprint density at radius 1 is 1.03 bits per heavy atom. The van der Waals surface area contributed by atoms with E-state index >= 15 is 0 Å². The van der Waals surface area contributed by atoms with Crippen LogP contribution in [0.3, 0.4) is 0 Å². The van der Waals surface area contributed by atoms with E-state index in [4.69, 9.17) is 4.74 Å². The molecule has 1 aliphatic heterocycles. The van der Waals surface area contributed by atoms with Crippen molar-refractivity contribution in [2.75, 3.05) is 13.7 Å². The largest absolute Gasteiger partial charge is 0.465 e. The molecule has 0 aliphatic carbocycles. The fourth-order valence-corrected chi connectivity index (χ4v) is 4.41. The van der Waals surface area contributed by atoms with Gasteiger partial charge >= 0.3 is 5.97 Å². The Balaban J connectivity index is 1.45. The Morgan fingerprint density at radius 3 is 2.79 bits per heavy atom. The molecule has 0 radical (unpaired) electrons. The third-order valence-electron chi connectivity index (χ3n) is 6.12. The number of carbonyl (C=O) groups excluding carboxylic acids is 2. The molecule has 0 unspecified atom stereocenters. The van der Waals surface area contributed by atoms with Gasteiger partial charge in [0.15, 0.2) is 0 Å². The second-order valence-corrected chi connectivity index (χ2v) is 8.11. The highest BCUT2D eigenvalue weighted by atomic mass is 16.5. The van der Waals surface area contributed by atoms with E-state index in [0.717, 1.165) is 45.0 Å². The second-order valence-electron chi connectivity index (χ2n) is 8.11. The molecular formula is C28H23N3O3. The average Bonchev–Trinajstić information content (AvgIpc) is 2.90. The van der Waals surface area contributed by atoms with Crippen molar-refractivity contribution >= 4 is 28.9 Å². The van der Waals surface area contributed by atoms with Gasteiger partial charge in [0, 0.05) is 42.6 Å². The van der Waals surface area contributed by atoms with Crippen LogP contribution in [0.25, 0.3) is 21.9 Å². The zero-order valence-corrected chi connectivity index (χ0v) is 18.7. The molecule has 0 saturated carbocycles. The average molecular weight is 450 g/mol. The van der Waals surface area contributed by atoms with Crippen molar-refractivity contribution < 1.29 is 14.3 Å². The van der Waals surface area contributed by atoms with Gasteiger partial charge in [-0.05, 0) is 63.9 Å². The van der Waals surface area contributed by atoms with Crippen molar-refractivity contribution in [2.45, 2.75) is 13.0 Å². The Morgan fingerprint density at radius 2 is 1.91 bits per heavy atom. The minimum Gasteiger partial charge on any atom is -0.465 e. The number of methoxy groups -OCH3 is 1. The number of ether oxygens (including phenoxy) is 1. The van der Waals surface area contributed by atoms with Crippen LogP contribution in [0.2, 0.25) is 0 Å². The number of amides is 1. The summed E-state index contributed by atoms with van der Waals surface area (Å²) in [6, 6.07) is 19.1. The van der Waals surface area contributed by atoms with Crippen molar-refractivity contribution in [1.29, 1.82) is 0 Å². The van der Waals surface area contributed by atoms with Crippen molar-refractivity contribution in [3.8, 4) is 11.1 Å². The first-order valence-electron chi connectivity index (χ1n) is 11.1. The van der Waals surface area contributed by atoms with E-state index in [1.165, 1.54) is 7.11 Å². The Bertz CT molecular complexity index is 1440. The molecule has 0 atom stereocenters. The molecule has 4 aromatic rings. The molecule has 6 heteroatoms. The van der Waals surface area contributed by atoms with Gasteiger partial charge in [0.25, 0.3) is 5.91 Å². The zero-order valence-electron chi connectivity index (χ0n) is 18.7. The third-order valence-corrected chi connectivity index (χ3v) is 6.12. The topological polar surface area (TPSA) is 80.6 Å². The van der Waals surface area contributed by atoms with Gasteiger partial charge in [-0.25, -0.2) is 4.79 Å². The molecule has 0 fully saturated rings. The van der Waals surface area contributed by atoms with Crippen LogP contribution >= 0.6 is 0 Å². The summed E-state index contributed by atoms with van der Waals surface area (Å²) in [6.45, 7) is 1.08. The zero-order chi connectivity index (χ0) is 23.5. The van der Waals surface area contributed by atoms with Gasteiger partial charge in [-0.15, -0.1) is 0 Å². The van der Waals surface area contributed by atoms with Gasteiger partial charge in [-0.1, -0.05) is 36.4 Å². The summed E-state index contributed by atoms with van der Waals surface area (Å²) in [5.74, 6) is -0.472. The maximum atomic E-state index is 13.0. The van der Waals surface area contributed by atoms with Crippen LogP contribution in [0, 0.1) is 0 Å². The number of rotatable bonds is 5. The molecule has 0 spiro atoms. The molecule has 0 saturated heterocycles. The normalized spacial score (nSPS) is 12.3. The first kappa shape index (κ1) is 21.5.